The number of hydrogen-bond acceptors (Lipinski definition) is 4. The molecule has 14 heteroatoms. The number of nitrogens with one attached hydrogen (secondary N) is 1. The Morgan fingerprint density at radius 1 is 1.13 bits per heavy atom. The van der Waals surface area contributed by atoms with Crippen LogP contribution >= 0.6 is 35.0 Å². The van der Waals surface area contributed by atoms with Gasteiger partial charge in [-0.05, 0) is 23.9 Å². The second-order valence-electron chi connectivity index (χ2n) is 7.09. The molecule has 1 heterocycles. The quantitative estimate of drug-likeness (QED) is 0.374. The zero-order valence-corrected chi connectivity index (χ0v) is 18.2. The Labute approximate surface area is 186 Å². The smallest absolute Gasteiger partial charge is 0.309 e. The molecule has 1 aromatic heterocycles. The minimum atomic E-state index is -4.87. The van der Waals surface area contributed by atoms with Crippen LogP contribution in [0.15, 0.2) is 17.0 Å². The van der Waals surface area contributed by atoms with Gasteiger partial charge in [-0.25, -0.2) is 4.68 Å². The molecule has 0 saturated heterocycles. The average Bonchev–Trinajstić information content (AvgIpc) is 2.88. The van der Waals surface area contributed by atoms with Crippen LogP contribution in [-0.4, -0.2) is 21.2 Å². The highest BCUT2D eigenvalue weighted by Gasteiger charge is 2.37. The largest absolute Gasteiger partial charge is 0.446 e. The van der Waals surface area contributed by atoms with Gasteiger partial charge in [0, 0.05) is 5.41 Å². The van der Waals surface area contributed by atoms with Crippen LogP contribution in [0.1, 0.15) is 32.0 Å². The van der Waals surface area contributed by atoms with E-state index in [2.05, 4.69) is 10.4 Å². The molecule has 2 aromatic rings. The first-order valence-electron chi connectivity index (χ1n) is 8.12. The lowest BCUT2D eigenvalue weighted by molar-refractivity contribution is -0.137. The maximum absolute atomic E-state index is 13.1. The molecule has 168 valence electrons. The van der Waals surface area contributed by atoms with Crippen LogP contribution in [0, 0.1) is 16.7 Å². The number of anilines is 1. The van der Waals surface area contributed by atoms with Gasteiger partial charge >= 0.3 is 11.7 Å². The molecular weight excluding hydrogens is 493 g/mol. The molecule has 0 saturated carbocycles. The molecule has 0 radical (unpaired) electrons. The van der Waals surface area contributed by atoms with Crippen molar-refractivity contribution in [2.24, 2.45) is 5.41 Å². The highest BCUT2D eigenvalue weighted by Crippen LogP contribution is 2.45. The molecule has 1 amide bonds. The molecule has 0 aliphatic rings. The monoisotopic (exact) mass is 504 g/mol. The van der Waals surface area contributed by atoms with E-state index in [1.54, 1.807) is 0 Å². The number of carbonyl (C=O) groups excluding carboxylic acids is 1. The van der Waals surface area contributed by atoms with Crippen molar-refractivity contribution in [3.05, 3.63) is 33.4 Å². The summed E-state index contributed by atoms with van der Waals surface area (Å²) < 4.78 is 78.9. The lowest BCUT2D eigenvalue weighted by Gasteiger charge is -2.20. The Hall–Kier alpha value is -2.10. The van der Waals surface area contributed by atoms with Crippen molar-refractivity contribution in [2.75, 3.05) is 5.32 Å². The van der Waals surface area contributed by atoms with Crippen molar-refractivity contribution in [1.29, 1.82) is 5.26 Å². The topological polar surface area (TPSA) is 70.7 Å². The molecule has 0 atom stereocenters. The van der Waals surface area contributed by atoms with Gasteiger partial charge in [-0.1, -0.05) is 44.0 Å². The number of rotatable bonds is 3. The summed E-state index contributed by atoms with van der Waals surface area (Å²) in [5.41, 5.74) is -8.32. The normalized spacial score (nSPS) is 12.6. The first-order valence-corrected chi connectivity index (χ1v) is 9.70. The van der Waals surface area contributed by atoms with Crippen LogP contribution in [-0.2, 0) is 11.0 Å². The summed E-state index contributed by atoms with van der Waals surface area (Å²) in [6, 6.07) is 2.47. The number of halogens is 8. The zero-order chi connectivity index (χ0) is 23.9. The van der Waals surface area contributed by atoms with Gasteiger partial charge in [0.1, 0.15) is 11.8 Å². The molecule has 0 unspecified atom stereocenters. The molecule has 31 heavy (non-hydrogen) atoms. The molecule has 0 bridgehead atoms. The number of hydrogen-bond donors (Lipinski definition) is 1. The summed E-state index contributed by atoms with van der Waals surface area (Å²) in [5.74, 6) is -1.36. The molecule has 0 aliphatic carbocycles. The molecule has 0 fully saturated rings. The van der Waals surface area contributed by atoms with Gasteiger partial charge in [0.05, 0.1) is 20.5 Å². The van der Waals surface area contributed by atoms with Crippen molar-refractivity contribution >= 4 is 46.7 Å². The number of alkyl halides is 6. The number of aromatic nitrogens is 2. The molecule has 1 N–H and O–H groups in total. The van der Waals surface area contributed by atoms with Crippen molar-refractivity contribution in [3.63, 3.8) is 0 Å². The Balaban J connectivity index is 2.82. The van der Waals surface area contributed by atoms with Crippen molar-refractivity contribution < 1.29 is 31.1 Å². The summed E-state index contributed by atoms with van der Waals surface area (Å²) in [4.78, 5) is 11.7. The van der Waals surface area contributed by atoms with E-state index in [0.717, 1.165) is 0 Å². The maximum atomic E-state index is 13.1. The van der Waals surface area contributed by atoms with E-state index in [4.69, 9.17) is 23.2 Å². The third kappa shape index (κ3) is 5.78. The fourth-order valence-corrected chi connectivity index (χ4v) is 3.48. The van der Waals surface area contributed by atoms with E-state index in [1.807, 2.05) is 0 Å². The Morgan fingerprint density at radius 2 is 1.65 bits per heavy atom. The van der Waals surface area contributed by atoms with E-state index < -0.39 is 72.5 Å². The van der Waals surface area contributed by atoms with Crippen molar-refractivity contribution in [1.82, 2.24) is 9.78 Å². The minimum absolute atomic E-state index is 0.439. The summed E-state index contributed by atoms with van der Waals surface area (Å²) in [6.45, 7) is 4.43. The van der Waals surface area contributed by atoms with E-state index in [1.165, 1.54) is 26.8 Å². The van der Waals surface area contributed by atoms with Gasteiger partial charge in [0.15, 0.2) is 11.5 Å². The van der Waals surface area contributed by atoms with E-state index in [-0.39, 0.29) is 0 Å². The first kappa shape index (κ1) is 25.2. The predicted octanol–water partition coefficient (Wildman–Crippen LogP) is 6.67. The van der Waals surface area contributed by atoms with Crippen LogP contribution in [0.5, 0.6) is 0 Å². The number of benzene rings is 1. The Morgan fingerprint density at radius 3 is 2.03 bits per heavy atom. The number of nitrogens with zero attached hydrogens (tertiary/aromatic N) is 3. The fourth-order valence-electron chi connectivity index (χ4n) is 2.19. The number of carbonyl (C=O) groups is 1. The third-order valence-corrected chi connectivity index (χ3v) is 5.03. The SMILES string of the molecule is CC(C)(C)C(=O)Nc1c(SC(F)(F)F)c(C#N)nn1-c1c(Cl)cc(C(F)(F)F)cc1Cl. The zero-order valence-electron chi connectivity index (χ0n) is 15.8. The Bertz CT molecular complexity index is 1040. The molecule has 0 aliphatic heterocycles. The third-order valence-electron chi connectivity index (χ3n) is 3.63. The van der Waals surface area contributed by atoms with Crippen LogP contribution in [0.3, 0.4) is 0 Å². The van der Waals surface area contributed by atoms with Crippen LogP contribution in [0.4, 0.5) is 32.2 Å². The van der Waals surface area contributed by atoms with Gasteiger partial charge in [-0.15, -0.1) is 0 Å². The lowest BCUT2D eigenvalue weighted by Crippen LogP contribution is -2.29. The van der Waals surface area contributed by atoms with Gasteiger partial charge in [0.2, 0.25) is 5.91 Å². The minimum Gasteiger partial charge on any atom is -0.309 e. The Kier molecular flexibility index (Phi) is 6.85. The second kappa shape index (κ2) is 8.44. The van der Waals surface area contributed by atoms with E-state index >= 15 is 0 Å². The highest BCUT2D eigenvalue weighted by atomic mass is 35.5. The lowest BCUT2D eigenvalue weighted by atomic mass is 9.96. The van der Waals surface area contributed by atoms with Crippen LogP contribution in [0.2, 0.25) is 10.0 Å². The van der Waals surface area contributed by atoms with Crippen molar-refractivity contribution in [3.8, 4) is 11.8 Å². The molecule has 2 rings (SSSR count). The second-order valence-corrected chi connectivity index (χ2v) is 8.98. The summed E-state index contributed by atoms with van der Waals surface area (Å²) in [7, 11) is 0. The maximum Gasteiger partial charge on any atom is 0.446 e. The molecule has 1 aromatic carbocycles. The van der Waals surface area contributed by atoms with Crippen LogP contribution < -0.4 is 5.32 Å². The summed E-state index contributed by atoms with van der Waals surface area (Å²) in [6.07, 6.45) is -4.80. The van der Waals surface area contributed by atoms with Gasteiger partial charge in [-0.2, -0.15) is 36.7 Å². The van der Waals surface area contributed by atoms with Gasteiger partial charge in [0.25, 0.3) is 0 Å². The number of amides is 1. The molecule has 5 nitrogen and oxygen atoms in total. The van der Waals surface area contributed by atoms with Crippen LogP contribution in [0.25, 0.3) is 5.69 Å². The number of thioether (sulfide) groups is 1. The molecule has 0 spiro atoms. The average molecular weight is 505 g/mol. The summed E-state index contributed by atoms with van der Waals surface area (Å²) in [5, 5.41) is 14.0. The fraction of sp³-hybridized carbons (Fsp3) is 0.353. The van der Waals surface area contributed by atoms with Gasteiger partial charge < -0.3 is 5.32 Å². The highest BCUT2D eigenvalue weighted by molar-refractivity contribution is 8.00. The van der Waals surface area contributed by atoms with Crippen molar-refractivity contribution in [2.45, 2.75) is 37.4 Å². The van der Waals surface area contributed by atoms with E-state index in [9.17, 15) is 36.4 Å². The number of nitriles is 1. The first-order chi connectivity index (χ1) is 14.0. The van der Waals surface area contributed by atoms with Gasteiger partial charge in [-0.3, -0.25) is 4.79 Å². The van der Waals surface area contributed by atoms with E-state index in [0.29, 0.717) is 16.8 Å². The standard InChI is InChI=1S/C17H12Cl2F6N4OS/c1-15(2,3)14(30)27-13-12(31-17(23,24)25)10(6-26)28-29(13)11-8(18)4-7(5-9(11)19)16(20,21)22/h4-5H,1-3H3,(H,27,30). The summed E-state index contributed by atoms with van der Waals surface area (Å²) >= 11 is 11.2. The predicted molar refractivity (Wildman–Crippen MR) is 103 cm³/mol. The molecular formula is C17H12Cl2F6N4OS.